The van der Waals surface area contributed by atoms with Gasteiger partial charge in [0.05, 0.1) is 6.54 Å². The number of benzene rings is 3. The van der Waals surface area contributed by atoms with Gasteiger partial charge < -0.3 is 10.1 Å². The van der Waals surface area contributed by atoms with E-state index >= 15 is 0 Å². The number of urea groups is 1. The van der Waals surface area contributed by atoms with Crippen LogP contribution in [0.3, 0.4) is 0 Å². The van der Waals surface area contributed by atoms with Gasteiger partial charge >= 0.3 is 6.03 Å². The van der Waals surface area contributed by atoms with Crippen molar-refractivity contribution in [3.63, 3.8) is 0 Å². The van der Waals surface area contributed by atoms with Crippen molar-refractivity contribution in [3.8, 4) is 5.75 Å². The Morgan fingerprint density at radius 3 is 2.59 bits per heavy atom. The Morgan fingerprint density at radius 1 is 1.00 bits per heavy atom. The largest absolute Gasteiger partial charge is 0.488 e. The van der Waals surface area contributed by atoms with E-state index in [1.807, 2.05) is 49.4 Å². The van der Waals surface area contributed by atoms with Crippen LogP contribution in [0.5, 0.6) is 5.75 Å². The summed E-state index contributed by atoms with van der Waals surface area (Å²) in [6.45, 7) is 2.40. The normalized spacial score (nSPS) is 14.7. The highest BCUT2D eigenvalue weighted by molar-refractivity contribution is 6.35. The molecule has 32 heavy (non-hydrogen) atoms. The highest BCUT2D eigenvalue weighted by atomic mass is 35.5. The van der Waals surface area contributed by atoms with Crippen LogP contribution in [-0.4, -0.2) is 16.8 Å². The zero-order chi connectivity index (χ0) is 22.7. The first-order valence-corrected chi connectivity index (χ1v) is 10.7. The molecule has 0 aliphatic carbocycles. The van der Waals surface area contributed by atoms with E-state index in [4.69, 9.17) is 27.9 Å². The monoisotopic (exact) mass is 466 g/mol. The average Bonchev–Trinajstić information content (AvgIpc) is 3.01. The molecule has 1 fully saturated rings. The molecule has 1 saturated heterocycles. The molecule has 3 aromatic rings. The van der Waals surface area contributed by atoms with Crippen LogP contribution in [-0.2, 0) is 17.9 Å². The molecular weight excluding hydrogens is 447 g/mol. The summed E-state index contributed by atoms with van der Waals surface area (Å²) in [5, 5.41) is 3.72. The lowest BCUT2D eigenvalue weighted by molar-refractivity contribution is -0.123. The number of carbonyl (C=O) groups is 2. The van der Waals surface area contributed by atoms with Crippen LogP contribution in [0.25, 0.3) is 6.08 Å². The Kier molecular flexibility index (Phi) is 6.49. The van der Waals surface area contributed by atoms with Crippen LogP contribution in [0, 0.1) is 6.92 Å². The molecule has 0 spiro atoms. The van der Waals surface area contributed by atoms with E-state index in [9.17, 15) is 9.59 Å². The van der Waals surface area contributed by atoms with Gasteiger partial charge in [-0.15, -0.1) is 0 Å². The molecule has 162 valence electrons. The SMILES string of the molecule is Cc1cccc(CN2C(=O)N/C(=C/c3ccccc3OCc3ccc(Cl)cc3Cl)C2=O)c1. The fraction of sp³-hybridized carbons (Fsp3) is 0.120. The fourth-order valence-corrected chi connectivity index (χ4v) is 3.85. The molecule has 1 N–H and O–H groups in total. The lowest BCUT2D eigenvalue weighted by Crippen LogP contribution is -2.30. The van der Waals surface area contributed by atoms with Crippen molar-refractivity contribution in [2.75, 3.05) is 0 Å². The number of nitrogens with one attached hydrogen (secondary N) is 1. The van der Waals surface area contributed by atoms with E-state index < -0.39 is 6.03 Å². The second-order valence-electron chi connectivity index (χ2n) is 7.43. The van der Waals surface area contributed by atoms with Crippen molar-refractivity contribution in [3.05, 3.63) is 105 Å². The summed E-state index contributed by atoms with van der Waals surface area (Å²) >= 11 is 12.2. The fourth-order valence-electron chi connectivity index (χ4n) is 3.39. The summed E-state index contributed by atoms with van der Waals surface area (Å²) in [6.07, 6.45) is 1.62. The van der Waals surface area contributed by atoms with Gasteiger partial charge in [0.25, 0.3) is 5.91 Å². The molecule has 1 aliphatic heterocycles. The van der Waals surface area contributed by atoms with Gasteiger partial charge in [-0.1, -0.05) is 77.3 Å². The molecule has 5 nitrogen and oxygen atoms in total. The minimum Gasteiger partial charge on any atom is -0.488 e. The van der Waals surface area contributed by atoms with Crippen LogP contribution in [0.4, 0.5) is 4.79 Å². The highest BCUT2D eigenvalue weighted by Crippen LogP contribution is 2.26. The second-order valence-corrected chi connectivity index (χ2v) is 8.27. The molecule has 0 aromatic heterocycles. The third kappa shape index (κ3) is 4.96. The summed E-state index contributed by atoms with van der Waals surface area (Å²) in [5.74, 6) is 0.178. The van der Waals surface area contributed by atoms with Crippen molar-refractivity contribution < 1.29 is 14.3 Å². The Balaban J connectivity index is 1.52. The Bertz CT molecular complexity index is 1220. The second kappa shape index (κ2) is 9.47. The van der Waals surface area contributed by atoms with Gasteiger partial charge in [-0.2, -0.15) is 0 Å². The lowest BCUT2D eigenvalue weighted by Gasteiger charge is -2.12. The molecule has 1 aliphatic rings. The maximum absolute atomic E-state index is 12.9. The number of imide groups is 1. The van der Waals surface area contributed by atoms with Gasteiger partial charge in [-0.25, -0.2) is 4.79 Å². The number of hydrogen-bond donors (Lipinski definition) is 1. The van der Waals surface area contributed by atoms with Crippen molar-refractivity contribution in [1.29, 1.82) is 0 Å². The Morgan fingerprint density at radius 2 is 1.81 bits per heavy atom. The molecule has 1 heterocycles. The number of carbonyl (C=O) groups excluding carboxylic acids is 2. The molecule has 3 aromatic carbocycles. The summed E-state index contributed by atoms with van der Waals surface area (Å²) in [5.41, 5.74) is 3.60. The summed E-state index contributed by atoms with van der Waals surface area (Å²) < 4.78 is 5.94. The minimum absolute atomic E-state index is 0.197. The maximum atomic E-state index is 12.9. The van der Waals surface area contributed by atoms with Gasteiger partial charge in [0.1, 0.15) is 18.1 Å². The van der Waals surface area contributed by atoms with Gasteiger partial charge in [0, 0.05) is 21.2 Å². The third-order valence-corrected chi connectivity index (χ3v) is 5.59. The molecular formula is C25H20Cl2N2O3. The molecule has 7 heteroatoms. The number of hydrogen-bond acceptors (Lipinski definition) is 3. The molecule has 0 bridgehead atoms. The summed E-state index contributed by atoms with van der Waals surface area (Å²) in [7, 11) is 0. The van der Waals surface area contributed by atoms with Crippen LogP contribution in [0.1, 0.15) is 22.3 Å². The predicted octanol–water partition coefficient (Wildman–Crippen LogP) is 5.97. The Hall–Kier alpha value is -3.28. The van der Waals surface area contributed by atoms with Gasteiger partial charge in [-0.05, 0) is 36.8 Å². The van der Waals surface area contributed by atoms with Crippen LogP contribution in [0.2, 0.25) is 10.0 Å². The van der Waals surface area contributed by atoms with E-state index in [1.165, 1.54) is 4.90 Å². The standard InChI is InChI=1S/C25H20Cl2N2O3/c1-16-5-4-6-17(11-16)14-29-24(30)22(28-25(29)31)12-18-7-2-3-8-23(18)32-15-19-9-10-20(26)13-21(19)27/h2-13H,14-15H2,1H3,(H,28,31)/b22-12+. The van der Waals surface area contributed by atoms with Crippen molar-refractivity contribution in [2.45, 2.75) is 20.1 Å². The first-order valence-electron chi connectivity index (χ1n) is 9.96. The number of amides is 3. The van der Waals surface area contributed by atoms with Gasteiger partial charge in [-0.3, -0.25) is 9.69 Å². The molecule has 0 atom stereocenters. The van der Waals surface area contributed by atoms with E-state index in [2.05, 4.69) is 5.32 Å². The number of para-hydroxylation sites is 1. The van der Waals surface area contributed by atoms with E-state index in [-0.39, 0.29) is 24.8 Å². The first-order chi connectivity index (χ1) is 15.4. The average molecular weight is 467 g/mol. The van der Waals surface area contributed by atoms with Crippen LogP contribution >= 0.6 is 23.2 Å². The van der Waals surface area contributed by atoms with E-state index in [0.29, 0.717) is 21.4 Å². The predicted molar refractivity (Wildman–Crippen MR) is 125 cm³/mol. The van der Waals surface area contributed by atoms with E-state index in [0.717, 1.165) is 16.7 Å². The molecule has 3 amide bonds. The van der Waals surface area contributed by atoms with Crippen LogP contribution < -0.4 is 10.1 Å². The maximum Gasteiger partial charge on any atom is 0.329 e. The van der Waals surface area contributed by atoms with Crippen LogP contribution in [0.15, 0.2) is 72.4 Å². The molecule has 0 saturated carbocycles. The molecule has 0 radical (unpaired) electrons. The zero-order valence-electron chi connectivity index (χ0n) is 17.3. The lowest BCUT2D eigenvalue weighted by atomic mass is 10.1. The summed E-state index contributed by atoms with van der Waals surface area (Å²) in [6, 6.07) is 19.7. The van der Waals surface area contributed by atoms with Gasteiger partial charge in [0.15, 0.2) is 0 Å². The smallest absolute Gasteiger partial charge is 0.329 e. The number of ether oxygens (including phenoxy) is 1. The van der Waals surface area contributed by atoms with E-state index in [1.54, 1.807) is 30.3 Å². The third-order valence-electron chi connectivity index (χ3n) is 5.00. The number of nitrogens with zero attached hydrogens (tertiary/aromatic N) is 1. The number of aryl methyl sites for hydroxylation is 1. The highest BCUT2D eigenvalue weighted by Gasteiger charge is 2.33. The number of rotatable bonds is 6. The topological polar surface area (TPSA) is 58.6 Å². The zero-order valence-corrected chi connectivity index (χ0v) is 18.8. The minimum atomic E-state index is -0.450. The van der Waals surface area contributed by atoms with Gasteiger partial charge in [0.2, 0.25) is 0 Å². The molecule has 4 rings (SSSR count). The van der Waals surface area contributed by atoms with Crippen molar-refractivity contribution in [2.24, 2.45) is 0 Å². The summed E-state index contributed by atoms with van der Waals surface area (Å²) in [4.78, 5) is 26.5. The van der Waals surface area contributed by atoms with Crippen molar-refractivity contribution >= 4 is 41.2 Å². The molecule has 0 unspecified atom stereocenters. The quantitative estimate of drug-likeness (QED) is 0.359. The first kappa shape index (κ1) is 21.9. The number of halogens is 2. The van der Waals surface area contributed by atoms with Crippen molar-refractivity contribution in [1.82, 2.24) is 10.2 Å². The Labute approximate surface area is 196 Å².